The van der Waals surface area contributed by atoms with E-state index in [-0.39, 0.29) is 29.5 Å². The van der Waals surface area contributed by atoms with E-state index in [0.29, 0.717) is 5.95 Å². The van der Waals surface area contributed by atoms with Crippen molar-refractivity contribution < 1.29 is 9.59 Å². The zero-order valence-corrected chi connectivity index (χ0v) is 16.3. The minimum atomic E-state index is -0.712. The molecular weight excluding hydrogens is 370 g/mol. The van der Waals surface area contributed by atoms with E-state index in [1.807, 2.05) is 31.2 Å². The molecule has 9 nitrogen and oxygen atoms in total. The summed E-state index contributed by atoms with van der Waals surface area (Å²) in [4.78, 5) is 27.7. The van der Waals surface area contributed by atoms with Crippen LogP contribution in [0.4, 0.5) is 17.5 Å². The van der Waals surface area contributed by atoms with Gasteiger partial charge in [-0.3, -0.25) is 9.59 Å². The molecule has 0 bridgehead atoms. The van der Waals surface area contributed by atoms with Crippen LogP contribution in [0.3, 0.4) is 0 Å². The van der Waals surface area contributed by atoms with E-state index in [1.54, 1.807) is 0 Å². The Bertz CT molecular complexity index is 915. The van der Waals surface area contributed by atoms with Gasteiger partial charge in [0, 0.05) is 17.8 Å². The second-order valence-corrected chi connectivity index (χ2v) is 7.11. The fourth-order valence-electron chi connectivity index (χ4n) is 3.39. The van der Waals surface area contributed by atoms with E-state index in [2.05, 4.69) is 37.7 Å². The lowest BCUT2D eigenvalue weighted by molar-refractivity contribution is -0.117. The highest BCUT2D eigenvalue weighted by molar-refractivity contribution is 5.96. The Kier molecular flexibility index (Phi) is 6.38. The minimum Gasteiger partial charge on any atom is -0.364 e. The van der Waals surface area contributed by atoms with Crippen LogP contribution in [0.1, 0.15) is 41.7 Å². The number of carbonyl (C=O) groups excluding carboxylic acids is 2. The molecule has 1 unspecified atom stereocenters. The van der Waals surface area contributed by atoms with Crippen molar-refractivity contribution in [2.45, 2.75) is 44.7 Å². The van der Waals surface area contributed by atoms with Gasteiger partial charge in [-0.25, -0.2) is 0 Å². The molecule has 0 spiro atoms. The van der Waals surface area contributed by atoms with Crippen molar-refractivity contribution in [3.63, 3.8) is 0 Å². The van der Waals surface area contributed by atoms with Gasteiger partial charge in [0.25, 0.3) is 5.91 Å². The van der Waals surface area contributed by atoms with E-state index in [9.17, 15) is 9.59 Å². The Morgan fingerprint density at radius 3 is 2.76 bits per heavy atom. The highest BCUT2D eigenvalue weighted by Crippen LogP contribution is 2.23. The summed E-state index contributed by atoms with van der Waals surface area (Å²) in [6, 6.07) is 7.79. The average molecular weight is 395 g/mol. The molecule has 1 fully saturated rings. The summed E-state index contributed by atoms with van der Waals surface area (Å²) in [6.07, 6.45) is 4.80. The second-order valence-electron chi connectivity index (χ2n) is 7.11. The number of carbonyl (C=O) groups is 2. The number of hydrogen-bond donors (Lipinski definition) is 4. The topological polar surface area (TPSA) is 135 Å². The molecule has 1 aromatic heterocycles. The summed E-state index contributed by atoms with van der Waals surface area (Å²) < 4.78 is 0. The molecule has 0 radical (unpaired) electrons. The lowest BCUT2D eigenvalue weighted by atomic mass is 9.91. The van der Waals surface area contributed by atoms with Gasteiger partial charge in [-0.2, -0.15) is 4.98 Å². The molecule has 3 rings (SSSR count). The molecule has 1 saturated carbocycles. The Morgan fingerprint density at radius 1 is 1.24 bits per heavy atom. The van der Waals surface area contributed by atoms with E-state index in [0.717, 1.165) is 36.9 Å². The smallest absolute Gasteiger partial charge is 0.273 e. The lowest BCUT2D eigenvalue weighted by Gasteiger charge is -2.30. The van der Waals surface area contributed by atoms with Gasteiger partial charge in [-0.1, -0.05) is 18.7 Å². The third-order valence-electron chi connectivity index (χ3n) is 4.74. The van der Waals surface area contributed by atoms with E-state index in [4.69, 9.17) is 5.73 Å². The standard InChI is InChI=1S/C20H25N7O2/c1-3-16(28)22-14-8-5-9-15(11-14)24-20-25-19(17(18(21)29)26-27-20)23-13-7-4-6-12(2)10-13/h3-4,6-7,10,14-15H,1,5,8-9,11H2,2H3,(H2,21,29)(H,22,28)(H2,23,24,25,27)/t14?,15-/m1/s1. The number of benzene rings is 1. The number of nitrogens with one attached hydrogen (secondary N) is 3. The van der Waals surface area contributed by atoms with Gasteiger partial charge in [-0.15, -0.1) is 10.2 Å². The molecule has 5 N–H and O–H groups in total. The van der Waals surface area contributed by atoms with Crippen LogP contribution in [-0.2, 0) is 4.79 Å². The maximum Gasteiger partial charge on any atom is 0.273 e. The first-order chi connectivity index (χ1) is 13.9. The first-order valence-electron chi connectivity index (χ1n) is 9.52. The first-order valence-corrected chi connectivity index (χ1v) is 9.52. The Balaban J connectivity index is 1.75. The summed E-state index contributed by atoms with van der Waals surface area (Å²) in [6.45, 7) is 5.45. The predicted octanol–water partition coefficient (Wildman–Crippen LogP) is 2.05. The normalized spacial score (nSPS) is 18.5. The predicted molar refractivity (Wildman–Crippen MR) is 111 cm³/mol. The lowest BCUT2D eigenvalue weighted by Crippen LogP contribution is -2.41. The van der Waals surface area contributed by atoms with Crippen LogP contribution in [0.5, 0.6) is 0 Å². The van der Waals surface area contributed by atoms with Gasteiger partial charge in [0.05, 0.1) is 0 Å². The number of hydrogen-bond acceptors (Lipinski definition) is 7. The minimum absolute atomic E-state index is 0.0307. The molecule has 29 heavy (non-hydrogen) atoms. The zero-order valence-electron chi connectivity index (χ0n) is 16.3. The van der Waals surface area contributed by atoms with Crippen molar-refractivity contribution in [2.24, 2.45) is 5.73 Å². The molecule has 2 amide bonds. The van der Waals surface area contributed by atoms with Gasteiger partial charge in [-0.05, 0) is 56.4 Å². The average Bonchev–Trinajstić information content (AvgIpc) is 2.68. The first kappa shape index (κ1) is 20.2. The molecule has 2 atom stereocenters. The van der Waals surface area contributed by atoms with Gasteiger partial charge in [0.2, 0.25) is 11.9 Å². The van der Waals surface area contributed by atoms with Crippen molar-refractivity contribution in [3.8, 4) is 0 Å². The molecule has 1 heterocycles. The number of nitrogens with two attached hydrogens (primary N) is 1. The van der Waals surface area contributed by atoms with Crippen molar-refractivity contribution in [2.75, 3.05) is 10.6 Å². The number of primary amides is 1. The third kappa shape index (κ3) is 5.50. The van der Waals surface area contributed by atoms with E-state index < -0.39 is 5.91 Å². The Morgan fingerprint density at radius 2 is 2.03 bits per heavy atom. The van der Waals surface area contributed by atoms with Crippen molar-refractivity contribution in [3.05, 3.63) is 48.2 Å². The van der Waals surface area contributed by atoms with Crippen molar-refractivity contribution in [1.29, 1.82) is 0 Å². The van der Waals surface area contributed by atoms with Crippen LogP contribution in [0.15, 0.2) is 36.9 Å². The van der Waals surface area contributed by atoms with Crippen LogP contribution in [0, 0.1) is 6.92 Å². The summed E-state index contributed by atoms with van der Waals surface area (Å²) in [5.41, 5.74) is 7.22. The summed E-state index contributed by atoms with van der Waals surface area (Å²) >= 11 is 0. The second kappa shape index (κ2) is 9.13. The highest BCUT2D eigenvalue weighted by Gasteiger charge is 2.24. The largest absolute Gasteiger partial charge is 0.364 e. The van der Waals surface area contributed by atoms with Crippen LogP contribution >= 0.6 is 0 Å². The molecular formula is C20H25N7O2. The molecule has 1 aromatic carbocycles. The number of amides is 2. The zero-order chi connectivity index (χ0) is 20.8. The summed E-state index contributed by atoms with van der Waals surface area (Å²) in [5.74, 6) is -0.348. The number of aryl methyl sites for hydroxylation is 1. The molecule has 152 valence electrons. The SMILES string of the molecule is C=CC(=O)NC1CCC[C@@H](Nc2nnc(C(N)=O)c(Nc3cccc(C)c3)n2)C1. The third-order valence-corrected chi connectivity index (χ3v) is 4.74. The van der Waals surface area contributed by atoms with E-state index in [1.165, 1.54) is 6.08 Å². The number of nitrogens with zero attached hydrogens (tertiary/aromatic N) is 3. The van der Waals surface area contributed by atoms with Gasteiger partial charge in [0.1, 0.15) is 0 Å². The molecule has 1 aliphatic rings. The monoisotopic (exact) mass is 395 g/mol. The van der Waals surface area contributed by atoms with Crippen LogP contribution < -0.4 is 21.7 Å². The summed E-state index contributed by atoms with van der Waals surface area (Å²) in [7, 11) is 0. The number of rotatable bonds is 7. The van der Waals surface area contributed by atoms with Crippen LogP contribution in [-0.4, -0.2) is 39.1 Å². The number of aromatic nitrogens is 3. The maximum absolute atomic E-state index is 11.7. The van der Waals surface area contributed by atoms with Gasteiger partial charge in [0.15, 0.2) is 11.5 Å². The molecule has 0 aliphatic heterocycles. The number of anilines is 3. The maximum atomic E-state index is 11.7. The quantitative estimate of drug-likeness (QED) is 0.527. The fraction of sp³-hybridized carbons (Fsp3) is 0.350. The highest BCUT2D eigenvalue weighted by atomic mass is 16.2. The molecule has 2 aromatic rings. The van der Waals surface area contributed by atoms with Crippen LogP contribution in [0.2, 0.25) is 0 Å². The van der Waals surface area contributed by atoms with Crippen LogP contribution in [0.25, 0.3) is 0 Å². The van der Waals surface area contributed by atoms with Gasteiger partial charge >= 0.3 is 0 Å². The fourth-order valence-corrected chi connectivity index (χ4v) is 3.39. The molecule has 0 saturated heterocycles. The molecule has 1 aliphatic carbocycles. The van der Waals surface area contributed by atoms with Crippen molar-refractivity contribution >= 4 is 29.3 Å². The molecule has 9 heteroatoms. The van der Waals surface area contributed by atoms with Crippen molar-refractivity contribution in [1.82, 2.24) is 20.5 Å². The Labute approximate surface area is 169 Å². The van der Waals surface area contributed by atoms with Gasteiger partial charge < -0.3 is 21.7 Å². The summed E-state index contributed by atoms with van der Waals surface area (Å²) in [5, 5.41) is 17.2. The van der Waals surface area contributed by atoms with E-state index >= 15 is 0 Å². The Hall–Kier alpha value is -3.49.